The topological polar surface area (TPSA) is 35.5 Å². The molecule has 0 spiro atoms. The van der Waals surface area contributed by atoms with Crippen molar-refractivity contribution >= 4 is 5.97 Å². The summed E-state index contributed by atoms with van der Waals surface area (Å²) in [5, 5.41) is 0. The molecule has 4 aliphatic rings. The Balaban J connectivity index is 1.21. The Hall–Kier alpha value is -0.830. The lowest BCUT2D eigenvalue weighted by Crippen LogP contribution is -2.32. The van der Waals surface area contributed by atoms with Crippen LogP contribution in [0.15, 0.2) is 12.2 Å². The Labute approximate surface area is 139 Å². The van der Waals surface area contributed by atoms with Crippen LogP contribution in [0.3, 0.4) is 0 Å². The monoisotopic (exact) mass is 318 g/mol. The minimum Gasteiger partial charge on any atom is -0.463 e. The van der Waals surface area contributed by atoms with Crippen LogP contribution in [-0.2, 0) is 14.3 Å². The number of ether oxygens (including phenoxy) is 2. The molecule has 0 N–H and O–H groups in total. The van der Waals surface area contributed by atoms with E-state index in [2.05, 4.69) is 19.1 Å². The largest absolute Gasteiger partial charge is 0.463 e. The van der Waals surface area contributed by atoms with Crippen molar-refractivity contribution in [3.8, 4) is 0 Å². The second-order valence-corrected chi connectivity index (χ2v) is 8.15. The van der Waals surface area contributed by atoms with Crippen LogP contribution in [0.1, 0.15) is 45.4 Å². The maximum absolute atomic E-state index is 12.1. The van der Waals surface area contributed by atoms with Gasteiger partial charge in [0.2, 0.25) is 0 Å². The summed E-state index contributed by atoms with van der Waals surface area (Å²) in [6, 6.07) is 0. The van der Waals surface area contributed by atoms with Crippen molar-refractivity contribution in [3.63, 3.8) is 0 Å². The molecule has 4 bridgehead atoms. The minimum atomic E-state index is -0.00288. The van der Waals surface area contributed by atoms with Gasteiger partial charge in [-0.2, -0.15) is 0 Å². The summed E-state index contributed by atoms with van der Waals surface area (Å²) in [5.74, 6) is 5.80. The third-order valence-electron chi connectivity index (χ3n) is 6.97. The van der Waals surface area contributed by atoms with Crippen molar-refractivity contribution in [2.75, 3.05) is 19.8 Å². The van der Waals surface area contributed by atoms with E-state index in [1.165, 1.54) is 19.3 Å². The van der Waals surface area contributed by atoms with E-state index < -0.39 is 0 Å². The number of fused-ring (bicyclic) bond motifs is 9. The molecule has 23 heavy (non-hydrogen) atoms. The van der Waals surface area contributed by atoms with Crippen LogP contribution < -0.4 is 0 Å². The first-order valence-electron chi connectivity index (χ1n) is 9.69. The molecule has 0 aromatic carbocycles. The van der Waals surface area contributed by atoms with Gasteiger partial charge in [-0.15, -0.1) is 0 Å². The quantitative estimate of drug-likeness (QED) is 0.295. The predicted molar refractivity (Wildman–Crippen MR) is 88.7 cm³/mol. The SMILES string of the molecule is CCCCOCCOC(=O)CC1CC2CC1C1C3C=CC(C3)C21. The fourth-order valence-corrected chi connectivity index (χ4v) is 6.22. The van der Waals surface area contributed by atoms with Crippen molar-refractivity contribution in [2.45, 2.75) is 45.4 Å². The van der Waals surface area contributed by atoms with E-state index in [1.54, 1.807) is 0 Å². The zero-order valence-corrected chi connectivity index (χ0v) is 14.3. The van der Waals surface area contributed by atoms with Crippen molar-refractivity contribution < 1.29 is 14.3 Å². The Bertz CT molecular complexity index is 472. The highest BCUT2D eigenvalue weighted by atomic mass is 16.6. The third kappa shape index (κ3) is 2.86. The van der Waals surface area contributed by atoms with Gasteiger partial charge in [0.25, 0.3) is 0 Å². The Morgan fingerprint density at radius 3 is 2.70 bits per heavy atom. The van der Waals surface area contributed by atoms with E-state index in [-0.39, 0.29) is 5.97 Å². The molecule has 4 rings (SSSR count). The van der Waals surface area contributed by atoms with Crippen molar-refractivity contribution in [3.05, 3.63) is 12.2 Å². The summed E-state index contributed by atoms with van der Waals surface area (Å²) >= 11 is 0. The molecule has 7 unspecified atom stereocenters. The molecular formula is C20H30O3. The van der Waals surface area contributed by atoms with Crippen LogP contribution in [0.5, 0.6) is 0 Å². The number of carbonyl (C=O) groups is 1. The zero-order valence-electron chi connectivity index (χ0n) is 14.3. The van der Waals surface area contributed by atoms with E-state index in [0.29, 0.717) is 25.6 Å². The van der Waals surface area contributed by atoms with Crippen LogP contribution in [0.2, 0.25) is 0 Å². The van der Waals surface area contributed by atoms with Crippen LogP contribution in [0, 0.1) is 41.4 Å². The summed E-state index contributed by atoms with van der Waals surface area (Å²) < 4.78 is 10.8. The molecule has 3 saturated carbocycles. The molecule has 0 radical (unpaired) electrons. The zero-order chi connectivity index (χ0) is 15.8. The normalized spacial score (nSPS) is 42.4. The van der Waals surface area contributed by atoms with Crippen LogP contribution in [0.4, 0.5) is 0 Å². The van der Waals surface area contributed by atoms with E-state index in [9.17, 15) is 4.79 Å². The first-order chi connectivity index (χ1) is 11.3. The van der Waals surface area contributed by atoms with Gasteiger partial charge < -0.3 is 9.47 Å². The van der Waals surface area contributed by atoms with Gasteiger partial charge in [0, 0.05) is 13.0 Å². The summed E-state index contributed by atoms with van der Waals surface area (Å²) in [6.07, 6.45) is 11.9. The van der Waals surface area contributed by atoms with Crippen LogP contribution in [-0.4, -0.2) is 25.8 Å². The molecule has 0 saturated heterocycles. The van der Waals surface area contributed by atoms with Crippen LogP contribution in [0.25, 0.3) is 0 Å². The lowest BCUT2D eigenvalue weighted by Gasteiger charge is -2.36. The average molecular weight is 318 g/mol. The molecule has 0 aromatic heterocycles. The van der Waals surface area contributed by atoms with Gasteiger partial charge in [-0.25, -0.2) is 0 Å². The first-order valence-corrected chi connectivity index (χ1v) is 9.69. The van der Waals surface area contributed by atoms with E-state index in [4.69, 9.17) is 9.47 Å². The highest BCUT2D eigenvalue weighted by molar-refractivity contribution is 5.69. The maximum Gasteiger partial charge on any atom is 0.306 e. The molecular weight excluding hydrogens is 288 g/mol. The second kappa shape index (κ2) is 6.58. The Morgan fingerprint density at radius 1 is 1.04 bits per heavy atom. The van der Waals surface area contributed by atoms with Crippen molar-refractivity contribution in [1.82, 2.24) is 0 Å². The van der Waals surface area contributed by atoms with E-state index in [1.807, 2.05) is 0 Å². The fraction of sp³-hybridized carbons (Fsp3) is 0.850. The molecule has 0 heterocycles. The van der Waals surface area contributed by atoms with Gasteiger partial charge in [-0.05, 0) is 67.1 Å². The highest BCUT2D eigenvalue weighted by Crippen LogP contribution is 2.67. The molecule has 0 aromatic rings. The molecule has 3 nitrogen and oxygen atoms in total. The van der Waals surface area contributed by atoms with Gasteiger partial charge in [-0.1, -0.05) is 25.5 Å². The summed E-state index contributed by atoms with van der Waals surface area (Å²) in [4.78, 5) is 12.1. The highest BCUT2D eigenvalue weighted by Gasteiger charge is 2.60. The molecule has 3 fully saturated rings. The van der Waals surface area contributed by atoms with Crippen molar-refractivity contribution in [2.24, 2.45) is 41.4 Å². The number of carbonyl (C=O) groups excluding carboxylic acids is 1. The number of hydrogen-bond donors (Lipinski definition) is 0. The average Bonchev–Trinajstić information content (AvgIpc) is 3.28. The summed E-state index contributed by atoms with van der Waals surface area (Å²) in [5.41, 5.74) is 0. The molecule has 128 valence electrons. The van der Waals surface area contributed by atoms with Gasteiger partial charge >= 0.3 is 5.97 Å². The smallest absolute Gasteiger partial charge is 0.306 e. The number of allylic oxidation sites excluding steroid dienone is 2. The molecule has 0 amide bonds. The summed E-state index contributed by atoms with van der Waals surface area (Å²) in [6.45, 7) is 3.89. The second-order valence-electron chi connectivity index (χ2n) is 8.15. The van der Waals surface area contributed by atoms with Gasteiger partial charge in [0.05, 0.1) is 6.61 Å². The maximum atomic E-state index is 12.1. The Kier molecular flexibility index (Phi) is 4.49. The molecule has 7 atom stereocenters. The minimum absolute atomic E-state index is 0.00288. The van der Waals surface area contributed by atoms with Crippen molar-refractivity contribution in [1.29, 1.82) is 0 Å². The molecule has 0 aliphatic heterocycles. The van der Waals surface area contributed by atoms with Gasteiger partial charge in [0.15, 0.2) is 0 Å². The number of hydrogen-bond acceptors (Lipinski definition) is 3. The fourth-order valence-electron chi connectivity index (χ4n) is 6.22. The van der Waals surface area contributed by atoms with E-state index >= 15 is 0 Å². The lowest BCUT2D eigenvalue weighted by atomic mass is 9.69. The first kappa shape index (κ1) is 15.7. The number of unbranched alkanes of at least 4 members (excludes halogenated alkanes) is 1. The van der Waals surface area contributed by atoms with E-state index in [0.717, 1.165) is 55.0 Å². The van der Waals surface area contributed by atoms with Gasteiger partial charge in [0.1, 0.15) is 6.61 Å². The lowest BCUT2D eigenvalue weighted by molar-refractivity contribution is -0.147. The number of rotatable bonds is 8. The number of esters is 1. The molecule has 4 aliphatic carbocycles. The molecule has 3 heteroatoms. The van der Waals surface area contributed by atoms with Crippen LogP contribution >= 0.6 is 0 Å². The standard InChI is InChI=1S/C20H30O3/c1-2-3-6-22-7-8-23-18(21)12-15-10-16-11-17(15)20-14-5-4-13(9-14)19(16)20/h4-5,13-17,19-20H,2-3,6-12H2,1H3. The predicted octanol–water partition coefficient (Wildman–Crippen LogP) is 3.83. The third-order valence-corrected chi connectivity index (χ3v) is 6.97. The van der Waals surface area contributed by atoms with Gasteiger partial charge in [-0.3, -0.25) is 4.79 Å². The summed E-state index contributed by atoms with van der Waals surface area (Å²) in [7, 11) is 0. The Morgan fingerprint density at radius 2 is 1.87 bits per heavy atom.